The van der Waals surface area contributed by atoms with Gasteiger partial charge in [-0.05, 0) is 45.0 Å². The van der Waals surface area contributed by atoms with E-state index in [1.807, 2.05) is 0 Å². The highest BCUT2D eigenvalue weighted by Crippen LogP contribution is 2.30. The molecule has 1 unspecified atom stereocenters. The normalized spacial score (nSPS) is 16.4. The monoisotopic (exact) mass is 432 g/mol. The van der Waals surface area contributed by atoms with Crippen molar-refractivity contribution < 1.29 is 18.4 Å². The van der Waals surface area contributed by atoms with E-state index in [1.54, 1.807) is 45.0 Å². The molecule has 2 aromatic heterocycles. The largest absolute Gasteiger partial charge is 0.447 e. The number of ether oxygens (including phenoxy) is 1. The summed E-state index contributed by atoms with van der Waals surface area (Å²) in [7, 11) is 0. The van der Waals surface area contributed by atoms with E-state index >= 15 is 0 Å². The minimum absolute atomic E-state index is 0.0285. The lowest BCUT2D eigenvalue weighted by Crippen LogP contribution is -2.42. The maximum Gasteiger partial charge on any atom is 0.416 e. The maximum atomic E-state index is 14.1. The van der Waals surface area contributed by atoms with Gasteiger partial charge in [0.25, 0.3) is 0 Å². The molecule has 3 heterocycles. The highest BCUT2D eigenvalue weighted by molar-refractivity contribution is 6.30. The standard InChI is InChI=1S/C19H18ClFN6O3/c1-10(16-25-15(26-30-16)11-4-6-12(20)7-5-11)22-17-23-13(21)8-14(24-17)27-18(28)29-9-19(27,2)3/h4-8,10H,9H2,1-3H3,(H,22,23,24). The molecule has 30 heavy (non-hydrogen) atoms. The van der Waals surface area contributed by atoms with E-state index in [0.29, 0.717) is 10.8 Å². The summed E-state index contributed by atoms with van der Waals surface area (Å²) in [5.41, 5.74) is 0.0708. The molecule has 0 saturated carbocycles. The number of carbonyl (C=O) groups excluding carboxylic acids is 1. The van der Waals surface area contributed by atoms with Gasteiger partial charge in [0.05, 0.1) is 5.54 Å². The lowest BCUT2D eigenvalue weighted by atomic mass is 10.1. The first-order chi connectivity index (χ1) is 14.2. The van der Waals surface area contributed by atoms with Crippen LogP contribution in [-0.2, 0) is 4.74 Å². The third kappa shape index (κ3) is 3.90. The van der Waals surface area contributed by atoms with Crippen LogP contribution in [-0.4, -0.2) is 38.3 Å². The number of amides is 1. The van der Waals surface area contributed by atoms with E-state index in [9.17, 15) is 9.18 Å². The van der Waals surface area contributed by atoms with E-state index in [1.165, 1.54) is 4.90 Å². The Balaban J connectivity index is 1.55. The van der Waals surface area contributed by atoms with Gasteiger partial charge in [0, 0.05) is 16.7 Å². The van der Waals surface area contributed by atoms with Crippen molar-refractivity contribution in [3.8, 4) is 11.4 Å². The number of benzene rings is 1. The summed E-state index contributed by atoms with van der Waals surface area (Å²) in [5, 5.41) is 7.47. The Labute approximate surface area is 176 Å². The predicted octanol–water partition coefficient (Wildman–Crippen LogP) is 4.23. The molecule has 1 fully saturated rings. The van der Waals surface area contributed by atoms with Crippen LogP contribution in [0.25, 0.3) is 11.4 Å². The highest BCUT2D eigenvalue weighted by atomic mass is 35.5. The first-order valence-corrected chi connectivity index (χ1v) is 9.48. The van der Waals surface area contributed by atoms with Crippen molar-refractivity contribution >= 4 is 29.5 Å². The van der Waals surface area contributed by atoms with Gasteiger partial charge in [-0.15, -0.1) is 0 Å². The van der Waals surface area contributed by atoms with Gasteiger partial charge in [-0.2, -0.15) is 19.3 Å². The molecule has 156 valence electrons. The molecule has 1 aliphatic rings. The fraction of sp³-hybridized carbons (Fsp3) is 0.316. The average molecular weight is 433 g/mol. The van der Waals surface area contributed by atoms with E-state index < -0.39 is 23.6 Å². The fourth-order valence-corrected chi connectivity index (χ4v) is 3.11. The van der Waals surface area contributed by atoms with E-state index in [0.717, 1.165) is 11.6 Å². The quantitative estimate of drug-likeness (QED) is 0.597. The Morgan fingerprint density at radius 1 is 1.23 bits per heavy atom. The zero-order chi connectivity index (χ0) is 21.5. The second-order valence-electron chi connectivity index (χ2n) is 7.40. The lowest BCUT2D eigenvalue weighted by Gasteiger charge is -2.26. The average Bonchev–Trinajstić information content (AvgIpc) is 3.26. The molecule has 3 aromatic rings. The SMILES string of the molecule is CC(Nc1nc(F)cc(N2C(=O)OCC2(C)C)n1)c1nc(-c2ccc(Cl)cc2)no1. The number of cyclic esters (lactones) is 1. The molecule has 1 N–H and O–H groups in total. The Morgan fingerprint density at radius 3 is 2.63 bits per heavy atom. The van der Waals surface area contributed by atoms with Crippen LogP contribution in [0.1, 0.15) is 32.7 Å². The molecular weight excluding hydrogens is 415 g/mol. The number of anilines is 2. The van der Waals surface area contributed by atoms with E-state index in [4.69, 9.17) is 20.9 Å². The summed E-state index contributed by atoms with van der Waals surface area (Å²) < 4.78 is 24.5. The zero-order valence-electron chi connectivity index (χ0n) is 16.4. The number of nitrogens with zero attached hydrogens (tertiary/aromatic N) is 5. The number of rotatable bonds is 5. The van der Waals surface area contributed by atoms with Gasteiger partial charge in [-0.3, -0.25) is 4.90 Å². The maximum absolute atomic E-state index is 14.1. The molecule has 1 aromatic carbocycles. The first kappa shape index (κ1) is 20.0. The summed E-state index contributed by atoms with van der Waals surface area (Å²) in [6.45, 7) is 5.50. The van der Waals surface area contributed by atoms with Crippen molar-refractivity contribution in [1.82, 2.24) is 20.1 Å². The minimum atomic E-state index is -0.794. The molecule has 1 aliphatic heterocycles. The number of nitrogens with one attached hydrogen (secondary N) is 1. The number of carbonyl (C=O) groups is 1. The van der Waals surface area contributed by atoms with Crippen LogP contribution in [0.4, 0.5) is 21.0 Å². The summed E-state index contributed by atoms with van der Waals surface area (Å²) in [6, 6.07) is 7.55. The van der Waals surface area contributed by atoms with Crippen LogP contribution >= 0.6 is 11.6 Å². The summed E-state index contributed by atoms with van der Waals surface area (Å²) in [5.74, 6) is -0.0816. The number of hydrogen-bond donors (Lipinski definition) is 1. The molecule has 1 amide bonds. The van der Waals surface area contributed by atoms with Crippen molar-refractivity contribution in [2.45, 2.75) is 32.4 Å². The Hall–Kier alpha value is -3.27. The predicted molar refractivity (Wildman–Crippen MR) is 107 cm³/mol. The summed E-state index contributed by atoms with van der Waals surface area (Å²) in [6.07, 6.45) is -0.596. The number of halogens is 2. The molecule has 0 bridgehead atoms. The third-order valence-corrected chi connectivity index (χ3v) is 4.76. The topological polar surface area (TPSA) is 106 Å². The van der Waals surface area contributed by atoms with Gasteiger partial charge in [0.2, 0.25) is 23.6 Å². The van der Waals surface area contributed by atoms with Gasteiger partial charge in [0.1, 0.15) is 18.5 Å². The van der Waals surface area contributed by atoms with Crippen LogP contribution in [0.3, 0.4) is 0 Å². The Morgan fingerprint density at radius 2 is 1.97 bits per heavy atom. The zero-order valence-corrected chi connectivity index (χ0v) is 17.1. The fourth-order valence-electron chi connectivity index (χ4n) is 2.99. The molecule has 0 aliphatic carbocycles. The van der Waals surface area contributed by atoms with Crippen molar-refractivity contribution in [2.75, 3.05) is 16.8 Å². The Bertz CT molecular complexity index is 1090. The second-order valence-corrected chi connectivity index (χ2v) is 7.84. The molecular formula is C19H18ClFN6O3. The smallest absolute Gasteiger partial charge is 0.416 e. The van der Waals surface area contributed by atoms with Crippen LogP contribution in [0.15, 0.2) is 34.9 Å². The summed E-state index contributed by atoms with van der Waals surface area (Å²) >= 11 is 5.89. The third-order valence-electron chi connectivity index (χ3n) is 4.51. The van der Waals surface area contributed by atoms with Crippen LogP contribution in [0, 0.1) is 5.95 Å². The number of aromatic nitrogens is 4. The molecule has 11 heteroatoms. The molecule has 0 radical (unpaired) electrons. The van der Waals surface area contributed by atoms with Gasteiger partial charge in [-0.1, -0.05) is 16.8 Å². The second kappa shape index (κ2) is 7.52. The minimum Gasteiger partial charge on any atom is -0.447 e. The van der Waals surface area contributed by atoms with Gasteiger partial charge in [0.15, 0.2) is 0 Å². The summed E-state index contributed by atoms with van der Waals surface area (Å²) in [4.78, 5) is 25.7. The highest BCUT2D eigenvalue weighted by Gasteiger charge is 2.42. The van der Waals surface area contributed by atoms with Crippen molar-refractivity contribution in [3.05, 3.63) is 47.2 Å². The van der Waals surface area contributed by atoms with Crippen molar-refractivity contribution in [2.24, 2.45) is 0 Å². The Kier molecular flexibility index (Phi) is 5.02. The van der Waals surface area contributed by atoms with E-state index in [2.05, 4.69) is 25.4 Å². The molecule has 9 nitrogen and oxygen atoms in total. The van der Waals surface area contributed by atoms with Gasteiger partial charge >= 0.3 is 6.09 Å². The van der Waals surface area contributed by atoms with Crippen molar-refractivity contribution in [1.29, 1.82) is 0 Å². The van der Waals surface area contributed by atoms with Gasteiger partial charge < -0.3 is 14.6 Å². The van der Waals surface area contributed by atoms with Crippen molar-refractivity contribution in [3.63, 3.8) is 0 Å². The molecule has 0 spiro atoms. The number of hydrogen-bond acceptors (Lipinski definition) is 8. The molecule has 4 rings (SSSR count). The van der Waals surface area contributed by atoms with E-state index in [-0.39, 0.29) is 24.3 Å². The van der Waals surface area contributed by atoms with Crippen LogP contribution in [0.5, 0.6) is 0 Å². The van der Waals surface area contributed by atoms with Gasteiger partial charge in [-0.25, -0.2) is 4.79 Å². The molecule has 1 saturated heterocycles. The lowest BCUT2D eigenvalue weighted by molar-refractivity contribution is 0.175. The first-order valence-electron chi connectivity index (χ1n) is 9.10. The van der Waals surface area contributed by atoms with Crippen LogP contribution < -0.4 is 10.2 Å². The van der Waals surface area contributed by atoms with Crippen LogP contribution in [0.2, 0.25) is 5.02 Å². The molecule has 1 atom stereocenters.